The second-order valence-electron chi connectivity index (χ2n) is 8.27. The van der Waals surface area contributed by atoms with Gasteiger partial charge in [-0.25, -0.2) is 0 Å². The maximum atomic E-state index is 13.0. The van der Waals surface area contributed by atoms with Gasteiger partial charge in [-0.15, -0.1) is 0 Å². The summed E-state index contributed by atoms with van der Waals surface area (Å²) in [4.78, 5) is 32.1. The van der Waals surface area contributed by atoms with Gasteiger partial charge in [0.1, 0.15) is 5.76 Å². The lowest BCUT2D eigenvalue weighted by atomic mass is 10.0. The lowest BCUT2D eigenvalue weighted by Gasteiger charge is -2.27. The highest BCUT2D eigenvalue weighted by molar-refractivity contribution is 5.96. The summed E-state index contributed by atoms with van der Waals surface area (Å²) in [7, 11) is 0. The maximum Gasteiger partial charge on any atom is 0.272 e. The fraction of sp³-hybridized carbons (Fsp3) is 0.391. The van der Waals surface area contributed by atoms with Crippen molar-refractivity contribution in [2.24, 2.45) is 5.92 Å². The van der Waals surface area contributed by atoms with E-state index in [0.29, 0.717) is 49.0 Å². The number of carbonyl (C=O) groups excluding carboxylic acids is 2. The molecule has 2 amide bonds. The van der Waals surface area contributed by atoms with Crippen molar-refractivity contribution in [3.8, 4) is 0 Å². The molecule has 0 aromatic carbocycles. The van der Waals surface area contributed by atoms with Crippen LogP contribution in [-0.2, 0) is 26.1 Å². The van der Waals surface area contributed by atoms with E-state index in [1.807, 2.05) is 22.9 Å². The molecule has 3 aromatic heterocycles. The Labute approximate surface area is 180 Å². The summed E-state index contributed by atoms with van der Waals surface area (Å²) in [5, 5.41) is 7.62. The lowest BCUT2D eigenvalue weighted by Crippen LogP contribution is -2.37. The number of aryl methyl sites for hydroxylation is 1. The Kier molecular flexibility index (Phi) is 5.05. The Balaban J connectivity index is 1.39. The van der Waals surface area contributed by atoms with Crippen LogP contribution < -0.4 is 5.32 Å². The molecule has 0 saturated heterocycles. The summed E-state index contributed by atoms with van der Waals surface area (Å²) in [6.45, 7) is 3.93. The van der Waals surface area contributed by atoms with E-state index in [-0.39, 0.29) is 11.8 Å². The van der Waals surface area contributed by atoms with Crippen molar-refractivity contribution in [2.45, 2.75) is 45.8 Å². The first-order valence-corrected chi connectivity index (χ1v) is 10.7. The second kappa shape index (κ2) is 8.02. The predicted octanol–water partition coefficient (Wildman–Crippen LogP) is 2.72. The number of nitrogens with one attached hydrogen (secondary N) is 1. The Bertz CT molecular complexity index is 1110. The maximum absolute atomic E-state index is 13.0. The van der Waals surface area contributed by atoms with Crippen molar-refractivity contribution in [1.29, 1.82) is 0 Å². The molecule has 3 aromatic rings. The van der Waals surface area contributed by atoms with Crippen LogP contribution >= 0.6 is 0 Å². The molecule has 0 atom stereocenters. The van der Waals surface area contributed by atoms with Crippen molar-refractivity contribution in [3.05, 3.63) is 70.7 Å². The number of hydrogen-bond donors (Lipinski definition) is 1. The van der Waals surface area contributed by atoms with E-state index in [1.165, 1.54) is 19.1 Å². The summed E-state index contributed by atoms with van der Waals surface area (Å²) < 4.78 is 7.30. The van der Waals surface area contributed by atoms with Crippen LogP contribution in [0.25, 0.3) is 0 Å². The van der Waals surface area contributed by atoms with Gasteiger partial charge < -0.3 is 14.6 Å². The van der Waals surface area contributed by atoms with Crippen LogP contribution in [0.1, 0.15) is 56.4 Å². The number of fused-ring (bicyclic) bond motifs is 1. The SMILES string of the molecule is Cc1occc1C(=O)N1CCc2c(c(C(=O)NCc3ccccn3)nn2CC2CC2)C1. The van der Waals surface area contributed by atoms with Crippen molar-refractivity contribution in [2.75, 3.05) is 6.54 Å². The molecule has 8 nitrogen and oxygen atoms in total. The Hall–Kier alpha value is -3.42. The zero-order chi connectivity index (χ0) is 21.4. The number of rotatable bonds is 6. The monoisotopic (exact) mass is 419 g/mol. The first kappa shape index (κ1) is 19.5. The van der Waals surface area contributed by atoms with Crippen LogP contribution in [0.15, 0.2) is 41.1 Å². The molecule has 1 N–H and O–H groups in total. The normalized spacial score (nSPS) is 15.6. The molecular weight excluding hydrogens is 394 g/mol. The zero-order valence-corrected chi connectivity index (χ0v) is 17.5. The minimum absolute atomic E-state index is 0.0771. The number of amides is 2. The highest BCUT2D eigenvalue weighted by Gasteiger charge is 2.33. The van der Waals surface area contributed by atoms with E-state index in [2.05, 4.69) is 15.4 Å². The molecular formula is C23H25N5O3. The van der Waals surface area contributed by atoms with Gasteiger partial charge in [-0.1, -0.05) is 6.07 Å². The summed E-state index contributed by atoms with van der Waals surface area (Å²) >= 11 is 0. The molecule has 1 saturated carbocycles. The smallest absolute Gasteiger partial charge is 0.272 e. The Morgan fingerprint density at radius 3 is 2.84 bits per heavy atom. The summed E-state index contributed by atoms with van der Waals surface area (Å²) in [6, 6.07) is 7.30. The highest BCUT2D eigenvalue weighted by atomic mass is 16.3. The minimum Gasteiger partial charge on any atom is -0.469 e. The molecule has 0 spiro atoms. The third-order valence-corrected chi connectivity index (χ3v) is 6.01. The molecule has 1 aliphatic carbocycles. The van der Waals surface area contributed by atoms with E-state index in [9.17, 15) is 9.59 Å². The number of pyridine rings is 1. The Morgan fingerprint density at radius 1 is 1.26 bits per heavy atom. The predicted molar refractivity (Wildman–Crippen MR) is 112 cm³/mol. The number of nitrogens with zero attached hydrogens (tertiary/aromatic N) is 4. The van der Waals surface area contributed by atoms with Crippen LogP contribution in [-0.4, -0.2) is 38.0 Å². The number of aromatic nitrogens is 3. The average Bonchev–Trinajstić information content (AvgIpc) is 3.40. The number of furan rings is 1. The first-order valence-electron chi connectivity index (χ1n) is 10.7. The average molecular weight is 419 g/mol. The third kappa shape index (κ3) is 3.97. The number of hydrogen-bond acceptors (Lipinski definition) is 5. The van der Waals surface area contributed by atoms with E-state index in [4.69, 9.17) is 4.42 Å². The fourth-order valence-corrected chi connectivity index (χ4v) is 4.08. The van der Waals surface area contributed by atoms with E-state index < -0.39 is 0 Å². The Morgan fingerprint density at radius 2 is 2.13 bits per heavy atom. The van der Waals surface area contributed by atoms with Crippen LogP contribution in [0.2, 0.25) is 0 Å². The van der Waals surface area contributed by atoms with Gasteiger partial charge in [-0.2, -0.15) is 5.10 Å². The van der Waals surface area contributed by atoms with Gasteiger partial charge in [-0.3, -0.25) is 19.3 Å². The van der Waals surface area contributed by atoms with Crippen LogP contribution in [0.4, 0.5) is 0 Å². The van der Waals surface area contributed by atoms with Gasteiger partial charge in [0.2, 0.25) is 0 Å². The largest absolute Gasteiger partial charge is 0.469 e. The molecule has 8 heteroatoms. The fourth-order valence-electron chi connectivity index (χ4n) is 4.08. The quantitative estimate of drug-likeness (QED) is 0.663. The standard InChI is InChI=1S/C23H25N5O3/c1-15-18(8-11-31-15)23(30)27-10-7-20-19(14-27)21(26-28(20)13-16-5-6-16)22(29)25-12-17-4-2-3-9-24-17/h2-4,8-9,11,16H,5-7,10,12-14H2,1H3,(H,25,29). The van der Waals surface area contributed by atoms with Crippen molar-refractivity contribution >= 4 is 11.8 Å². The minimum atomic E-state index is -0.231. The van der Waals surface area contributed by atoms with Crippen LogP contribution in [0.3, 0.4) is 0 Å². The molecule has 0 unspecified atom stereocenters. The van der Waals surface area contributed by atoms with Gasteiger partial charge in [0.05, 0.1) is 30.6 Å². The number of carbonyl (C=O) groups is 2. The molecule has 2 aliphatic rings. The summed E-state index contributed by atoms with van der Waals surface area (Å²) in [5.41, 5.74) is 3.68. The van der Waals surface area contributed by atoms with Crippen molar-refractivity contribution < 1.29 is 14.0 Å². The van der Waals surface area contributed by atoms with Crippen LogP contribution in [0, 0.1) is 12.8 Å². The topological polar surface area (TPSA) is 93.3 Å². The van der Waals surface area contributed by atoms with Gasteiger partial charge in [-0.05, 0) is 43.9 Å². The van der Waals surface area contributed by atoms with Gasteiger partial charge in [0.15, 0.2) is 5.69 Å². The van der Waals surface area contributed by atoms with Gasteiger partial charge >= 0.3 is 0 Å². The van der Waals surface area contributed by atoms with Crippen molar-refractivity contribution in [1.82, 2.24) is 25.0 Å². The van der Waals surface area contributed by atoms with Crippen LogP contribution in [0.5, 0.6) is 0 Å². The molecule has 4 heterocycles. The van der Waals surface area contributed by atoms with E-state index in [1.54, 1.807) is 24.1 Å². The molecule has 1 fully saturated rings. The van der Waals surface area contributed by atoms with E-state index in [0.717, 1.165) is 23.5 Å². The van der Waals surface area contributed by atoms with E-state index >= 15 is 0 Å². The van der Waals surface area contributed by atoms with Gasteiger partial charge in [0, 0.05) is 37.0 Å². The zero-order valence-electron chi connectivity index (χ0n) is 17.5. The lowest BCUT2D eigenvalue weighted by molar-refractivity contribution is 0.0728. The summed E-state index contributed by atoms with van der Waals surface area (Å²) in [5.74, 6) is 0.937. The second-order valence-corrected chi connectivity index (χ2v) is 8.27. The third-order valence-electron chi connectivity index (χ3n) is 6.01. The molecule has 0 radical (unpaired) electrons. The molecule has 31 heavy (non-hydrogen) atoms. The molecule has 5 rings (SSSR count). The molecule has 0 bridgehead atoms. The first-order chi connectivity index (χ1) is 15.1. The molecule has 160 valence electrons. The van der Waals surface area contributed by atoms with Gasteiger partial charge in [0.25, 0.3) is 11.8 Å². The highest BCUT2D eigenvalue weighted by Crippen LogP contribution is 2.33. The summed E-state index contributed by atoms with van der Waals surface area (Å²) in [6.07, 6.45) is 6.34. The molecule has 1 aliphatic heterocycles. The van der Waals surface area contributed by atoms with Crippen molar-refractivity contribution in [3.63, 3.8) is 0 Å².